The average Bonchev–Trinajstić information content (AvgIpc) is 2.51. The van der Waals surface area contributed by atoms with E-state index in [4.69, 9.17) is 5.11 Å². The van der Waals surface area contributed by atoms with Crippen LogP contribution in [0.15, 0.2) is 6.07 Å². The molecule has 0 spiro atoms. The van der Waals surface area contributed by atoms with Crippen molar-refractivity contribution in [3.63, 3.8) is 0 Å². The van der Waals surface area contributed by atoms with Crippen LogP contribution in [0.3, 0.4) is 0 Å². The van der Waals surface area contributed by atoms with Gasteiger partial charge < -0.3 is 15.3 Å². The summed E-state index contributed by atoms with van der Waals surface area (Å²) >= 11 is 0. The third-order valence-electron chi connectivity index (χ3n) is 3.92. The van der Waals surface area contributed by atoms with Gasteiger partial charge in [-0.2, -0.15) is 0 Å². The molecule has 0 bridgehead atoms. The van der Waals surface area contributed by atoms with Gasteiger partial charge in [-0.1, -0.05) is 6.92 Å². The van der Waals surface area contributed by atoms with Crippen LogP contribution in [0.1, 0.15) is 18.9 Å². The number of benzene rings is 1. The quantitative estimate of drug-likeness (QED) is 0.501. The second kappa shape index (κ2) is 7.06. The number of aliphatic carboxylic acids is 1. The smallest absolute Gasteiger partial charge is 0.317 e. The first-order chi connectivity index (χ1) is 11.2. The van der Waals surface area contributed by atoms with Crippen molar-refractivity contribution in [2.75, 3.05) is 13.1 Å². The maximum absolute atomic E-state index is 13.5. The molecule has 0 saturated carbocycles. The number of rotatable bonds is 3. The monoisotopic (exact) mass is 348 g/mol. The number of carbonyl (C=O) groups excluding carboxylic acids is 1. The normalized spacial score (nSPS) is 20.8. The van der Waals surface area contributed by atoms with E-state index < -0.39 is 53.3 Å². The summed E-state index contributed by atoms with van der Waals surface area (Å²) in [4.78, 5) is 24.4. The molecule has 1 aliphatic heterocycles. The van der Waals surface area contributed by atoms with Gasteiger partial charge >= 0.3 is 12.0 Å². The van der Waals surface area contributed by atoms with Crippen molar-refractivity contribution in [2.24, 2.45) is 11.8 Å². The molecule has 1 heterocycles. The minimum absolute atomic E-state index is 0.0335. The standard InChI is InChI=1S/C15H16F4N2O3/c1-7-2-8(14(22)23)6-21(5-7)15(24)20-4-9-10(16)3-11(17)13(19)12(9)18/h3,7-8H,2,4-6H2,1H3,(H,20,24)(H,22,23). The highest BCUT2D eigenvalue weighted by atomic mass is 19.2. The summed E-state index contributed by atoms with van der Waals surface area (Å²) < 4.78 is 53.1. The van der Waals surface area contributed by atoms with Gasteiger partial charge in [0.1, 0.15) is 5.82 Å². The van der Waals surface area contributed by atoms with Gasteiger partial charge in [0.05, 0.1) is 12.5 Å². The molecule has 1 aromatic rings. The summed E-state index contributed by atoms with van der Waals surface area (Å²) in [5, 5.41) is 11.3. The van der Waals surface area contributed by atoms with Gasteiger partial charge in [0, 0.05) is 24.7 Å². The molecule has 1 aliphatic rings. The Morgan fingerprint density at radius 2 is 1.88 bits per heavy atom. The molecule has 1 fully saturated rings. The maximum Gasteiger partial charge on any atom is 0.317 e. The molecule has 2 amide bonds. The van der Waals surface area contributed by atoms with Gasteiger partial charge in [-0.25, -0.2) is 22.4 Å². The number of amides is 2. The molecule has 5 nitrogen and oxygen atoms in total. The summed E-state index contributed by atoms with van der Waals surface area (Å²) in [6.07, 6.45) is 0.422. The van der Waals surface area contributed by atoms with Crippen molar-refractivity contribution in [2.45, 2.75) is 19.9 Å². The number of urea groups is 1. The molecule has 0 aliphatic carbocycles. The summed E-state index contributed by atoms with van der Waals surface area (Å²) in [5.41, 5.74) is -0.804. The topological polar surface area (TPSA) is 69.6 Å². The molecule has 2 unspecified atom stereocenters. The molecule has 0 radical (unpaired) electrons. The number of hydrogen-bond acceptors (Lipinski definition) is 2. The second-order valence-corrected chi connectivity index (χ2v) is 5.89. The van der Waals surface area contributed by atoms with E-state index in [1.165, 1.54) is 4.90 Å². The average molecular weight is 348 g/mol. The largest absolute Gasteiger partial charge is 0.481 e. The van der Waals surface area contributed by atoms with Gasteiger partial charge in [-0.15, -0.1) is 0 Å². The minimum Gasteiger partial charge on any atom is -0.481 e. The Morgan fingerprint density at radius 1 is 1.21 bits per heavy atom. The van der Waals surface area contributed by atoms with E-state index >= 15 is 0 Å². The number of piperidine rings is 1. The van der Waals surface area contributed by atoms with Crippen LogP contribution in [0.4, 0.5) is 22.4 Å². The van der Waals surface area contributed by atoms with Crippen LogP contribution in [0.2, 0.25) is 0 Å². The zero-order chi connectivity index (χ0) is 18.0. The zero-order valence-corrected chi connectivity index (χ0v) is 12.8. The van der Waals surface area contributed by atoms with E-state index in [1.54, 1.807) is 6.92 Å². The highest BCUT2D eigenvalue weighted by Gasteiger charge is 2.32. The van der Waals surface area contributed by atoms with Crippen molar-refractivity contribution in [1.82, 2.24) is 10.2 Å². The second-order valence-electron chi connectivity index (χ2n) is 5.89. The Hall–Kier alpha value is -2.32. The third-order valence-corrected chi connectivity index (χ3v) is 3.92. The van der Waals surface area contributed by atoms with Gasteiger partial charge in [-0.05, 0) is 12.3 Å². The summed E-state index contributed by atoms with van der Waals surface area (Å²) in [7, 11) is 0. The highest BCUT2D eigenvalue weighted by Crippen LogP contribution is 2.22. The van der Waals surface area contributed by atoms with Crippen molar-refractivity contribution >= 4 is 12.0 Å². The van der Waals surface area contributed by atoms with E-state index in [9.17, 15) is 27.2 Å². The number of halogens is 4. The minimum atomic E-state index is -1.82. The van der Waals surface area contributed by atoms with Gasteiger partial charge in [0.15, 0.2) is 17.5 Å². The van der Waals surface area contributed by atoms with Gasteiger partial charge in [0.2, 0.25) is 0 Å². The van der Waals surface area contributed by atoms with Crippen LogP contribution in [-0.4, -0.2) is 35.1 Å². The Balaban J connectivity index is 2.06. The van der Waals surface area contributed by atoms with Crippen molar-refractivity contribution in [1.29, 1.82) is 0 Å². The van der Waals surface area contributed by atoms with Crippen LogP contribution in [0.5, 0.6) is 0 Å². The first kappa shape index (κ1) is 18.0. The van der Waals surface area contributed by atoms with Crippen molar-refractivity contribution < 1.29 is 32.3 Å². The maximum atomic E-state index is 13.5. The van der Waals surface area contributed by atoms with Crippen LogP contribution < -0.4 is 5.32 Å². The van der Waals surface area contributed by atoms with Gasteiger partial charge in [0.25, 0.3) is 0 Å². The fourth-order valence-electron chi connectivity index (χ4n) is 2.74. The van der Waals surface area contributed by atoms with Crippen LogP contribution in [0, 0.1) is 35.1 Å². The van der Waals surface area contributed by atoms with Crippen LogP contribution >= 0.6 is 0 Å². The molecule has 0 aromatic heterocycles. The number of carboxylic acids is 1. The zero-order valence-electron chi connectivity index (χ0n) is 12.8. The Kier molecular flexibility index (Phi) is 5.30. The first-order valence-electron chi connectivity index (χ1n) is 7.28. The van der Waals surface area contributed by atoms with E-state index in [0.29, 0.717) is 13.0 Å². The lowest BCUT2D eigenvalue weighted by molar-refractivity contribution is -0.143. The molecule has 1 saturated heterocycles. The molecular formula is C15H16F4N2O3. The van der Waals surface area contributed by atoms with Gasteiger partial charge in [-0.3, -0.25) is 4.79 Å². The number of hydrogen-bond donors (Lipinski definition) is 2. The molecule has 1 aromatic carbocycles. The fraction of sp³-hybridized carbons (Fsp3) is 0.467. The fourth-order valence-corrected chi connectivity index (χ4v) is 2.74. The number of carbonyl (C=O) groups is 2. The predicted octanol–water partition coefficient (Wildman–Crippen LogP) is 2.50. The van der Waals surface area contributed by atoms with E-state index in [1.807, 2.05) is 0 Å². The lowest BCUT2D eigenvalue weighted by atomic mass is 9.91. The molecule has 132 valence electrons. The third kappa shape index (κ3) is 3.77. The number of nitrogens with zero attached hydrogens (tertiary/aromatic N) is 1. The van der Waals surface area contributed by atoms with E-state index in [0.717, 1.165) is 0 Å². The van der Waals surface area contributed by atoms with Crippen molar-refractivity contribution in [3.05, 3.63) is 34.9 Å². The summed E-state index contributed by atoms with van der Waals surface area (Å²) in [6.45, 7) is 1.35. The molecule has 2 rings (SSSR count). The summed E-state index contributed by atoms with van der Waals surface area (Å²) in [5.74, 6) is -8.31. The number of carboxylic acid groups (broad SMARTS) is 1. The lowest BCUT2D eigenvalue weighted by Crippen LogP contribution is -2.49. The molecule has 24 heavy (non-hydrogen) atoms. The molecule has 2 atom stereocenters. The van der Waals surface area contributed by atoms with Crippen molar-refractivity contribution in [3.8, 4) is 0 Å². The Bertz CT molecular complexity index is 669. The Labute approximate surface area is 135 Å². The van der Waals surface area contributed by atoms with Crippen LogP contribution in [0.25, 0.3) is 0 Å². The number of nitrogens with one attached hydrogen (secondary N) is 1. The molecule has 2 N–H and O–H groups in total. The van der Waals surface area contributed by atoms with E-state index in [2.05, 4.69) is 5.32 Å². The Morgan fingerprint density at radius 3 is 2.50 bits per heavy atom. The molecular weight excluding hydrogens is 332 g/mol. The lowest BCUT2D eigenvalue weighted by Gasteiger charge is -2.34. The summed E-state index contributed by atoms with van der Waals surface area (Å²) in [6, 6.07) is -0.528. The predicted molar refractivity (Wildman–Crippen MR) is 75.0 cm³/mol. The molecule has 9 heteroatoms. The number of likely N-dealkylation sites (tertiary alicyclic amines) is 1. The first-order valence-corrected chi connectivity index (χ1v) is 7.28. The highest BCUT2D eigenvalue weighted by molar-refractivity contribution is 5.76. The van der Waals surface area contributed by atoms with E-state index in [-0.39, 0.29) is 18.5 Å². The van der Waals surface area contributed by atoms with Crippen LogP contribution in [-0.2, 0) is 11.3 Å². The SMILES string of the molecule is CC1CC(C(=O)O)CN(C(=O)NCc2c(F)cc(F)c(F)c2F)C1.